The lowest BCUT2D eigenvalue weighted by atomic mass is 10.2. The van der Waals surface area contributed by atoms with Crippen LogP contribution in [0.15, 0.2) is 83.8 Å². The molecule has 0 saturated carbocycles. The molecular weight excluding hydrogens is 334 g/mol. The molecule has 0 saturated heterocycles. The van der Waals surface area contributed by atoms with Gasteiger partial charge in [-0.1, -0.05) is 48.0 Å². The third-order valence-electron chi connectivity index (χ3n) is 3.70. The van der Waals surface area contributed by atoms with E-state index in [0.29, 0.717) is 5.69 Å². The lowest BCUT2D eigenvalue weighted by molar-refractivity contribution is 0.101. The first kappa shape index (κ1) is 16.9. The maximum Gasteiger partial charge on any atom is 0.272 e. The van der Waals surface area contributed by atoms with Gasteiger partial charge in [-0.15, -0.1) is 0 Å². The van der Waals surface area contributed by atoms with E-state index in [2.05, 4.69) is 6.07 Å². The molecule has 0 bridgehead atoms. The van der Waals surface area contributed by atoms with Gasteiger partial charge in [-0.25, -0.2) is 8.42 Å². The summed E-state index contributed by atoms with van der Waals surface area (Å²) in [5, 5.41) is 0. The molecule has 0 unspecified atom stereocenters. The number of para-hydroxylation sites is 1. The third kappa shape index (κ3) is 3.46. The molecule has 0 aliphatic carbocycles. The summed E-state index contributed by atoms with van der Waals surface area (Å²) >= 11 is 0. The van der Waals surface area contributed by atoms with Crippen LogP contribution in [-0.4, -0.2) is 14.3 Å². The summed E-state index contributed by atoms with van der Waals surface area (Å²) in [5.41, 5.74) is 1.51. The number of rotatable bonds is 4. The van der Waals surface area contributed by atoms with E-state index >= 15 is 0 Å². The van der Waals surface area contributed by atoms with E-state index in [0.717, 1.165) is 9.87 Å². The fourth-order valence-corrected chi connectivity index (χ4v) is 3.80. The summed E-state index contributed by atoms with van der Waals surface area (Å²) < 4.78 is 27.2. The average molecular weight is 350 g/mol. The molecule has 125 valence electrons. The van der Waals surface area contributed by atoms with Gasteiger partial charge < -0.3 is 0 Å². The van der Waals surface area contributed by atoms with Crippen LogP contribution in [0.4, 0.5) is 5.69 Å². The number of nitrogens with zero attached hydrogens (tertiary/aromatic N) is 1. The van der Waals surface area contributed by atoms with Gasteiger partial charge in [0.25, 0.3) is 15.9 Å². The molecule has 3 aromatic rings. The van der Waals surface area contributed by atoms with Crippen LogP contribution in [-0.2, 0) is 10.0 Å². The van der Waals surface area contributed by atoms with Gasteiger partial charge in [0.15, 0.2) is 0 Å². The number of sulfonamides is 1. The SMILES string of the molecule is Cc1ccc(S(=O)(=O)N(C(=O)c2cc[c]cc2)c2ccccc2)cc1. The first-order chi connectivity index (χ1) is 12.0. The van der Waals surface area contributed by atoms with E-state index in [1.807, 2.05) is 6.92 Å². The zero-order valence-electron chi connectivity index (χ0n) is 13.6. The van der Waals surface area contributed by atoms with Crippen molar-refractivity contribution in [1.82, 2.24) is 0 Å². The molecule has 5 heteroatoms. The summed E-state index contributed by atoms with van der Waals surface area (Å²) in [6.45, 7) is 1.87. The Hall–Kier alpha value is -2.92. The van der Waals surface area contributed by atoms with E-state index in [1.165, 1.54) is 12.1 Å². The number of hydrogen-bond donors (Lipinski definition) is 0. The normalized spacial score (nSPS) is 11.1. The van der Waals surface area contributed by atoms with Crippen LogP contribution in [0.3, 0.4) is 0 Å². The highest BCUT2D eigenvalue weighted by Gasteiger charge is 2.31. The van der Waals surface area contributed by atoms with E-state index in [-0.39, 0.29) is 10.5 Å². The van der Waals surface area contributed by atoms with Crippen molar-refractivity contribution in [3.8, 4) is 0 Å². The fourth-order valence-electron chi connectivity index (χ4n) is 2.39. The average Bonchev–Trinajstić information content (AvgIpc) is 2.63. The van der Waals surface area contributed by atoms with Crippen LogP contribution in [0.5, 0.6) is 0 Å². The van der Waals surface area contributed by atoms with E-state index in [4.69, 9.17) is 0 Å². The van der Waals surface area contributed by atoms with Crippen molar-refractivity contribution in [2.45, 2.75) is 11.8 Å². The number of anilines is 1. The minimum absolute atomic E-state index is 0.0674. The van der Waals surface area contributed by atoms with Crippen LogP contribution in [0.1, 0.15) is 15.9 Å². The summed E-state index contributed by atoms with van der Waals surface area (Å²) in [6.07, 6.45) is 0. The van der Waals surface area contributed by atoms with Crippen molar-refractivity contribution in [1.29, 1.82) is 0 Å². The van der Waals surface area contributed by atoms with Gasteiger partial charge in [0.05, 0.1) is 10.6 Å². The van der Waals surface area contributed by atoms with Gasteiger partial charge in [0.1, 0.15) is 0 Å². The van der Waals surface area contributed by atoms with Crippen molar-refractivity contribution in [3.05, 3.63) is 96.1 Å². The highest BCUT2D eigenvalue weighted by atomic mass is 32.2. The number of carbonyl (C=O) groups is 1. The molecule has 0 N–H and O–H groups in total. The molecule has 0 heterocycles. The highest BCUT2D eigenvalue weighted by Crippen LogP contribution is 2.26. The van der Waals surface area contributed by atoms with Gasteiger partial charge in [-0.2, -0.15) is 4.31 Å². The molecule has 0 aliphatic rings. The van der Waals surface area contributed by atoms with Crippen molar-refractivity contribution >= 4 is 21.6 Å². The highest BCUT2D eigenvalue weighted by molar-refractivity contribution is 7.93. The molecule has 1 amide bonds. The second kappa shape index (κ2) is 6.91. The lowest BCUT2D eigenvalue weighted by Gasteiger charge is -2.22. The Bertz CT molecular complexity index is 966. The number of benzene rings is 3. The van der Waals surface area contributed by atoms with Crippen molar-refractivity contribution in [2.24, 2.45) is 0 Å². The molecule has 0 atom stereocenters. The molecule has 1 radical (unpaired) electrons. The van der Waals surface area contributed by atoms with Crippen LogP contribution in [0, 0.1) is 13.0 Å². The number of carbonyl (C=O) groups excluding carboxylic acids is 1. The molecule has 0 aliphatic heterocycles. The third-order valence-corrected chi connectivity index (χ3v) is 5.42. The standard InChI is InChI=1S/C20H16NO3S/c1-16-12-14-19(15-13-16)25(23,24)21(18-10-6-3-7-11-18)20(22)17-8-4-2-5-9-17/h3-15H,1H3. The Morgan fingerprint density at radius 2 is 1.48 bits per heavy atom. The first-order valence-corrected chi connectivity index (χ1v) is 9.11. The van der Waals surface area contributed by atoms with Gasteiger partial charge >= 0.3 is 0 Å². The zero-order valence-corrected chi connectivity index (χ0v) is 14.4. The summed E-state index contributed by atoms with van der Waals surface area (Å²) in [6, 6.07) is 23.8. The number of amides is 1. The molecular formula is C20H16NO3S. The molecule has 25 heavy (non-hydrogen) atoms. The Labute approximate surface area is 147 Å². The summed E-state index contributed by atoms with van der Waals surface area (Å²) in [7, 11) is -4.04. The molecule has 0 spiro atoms. The summed E-state index contributed by atoms with van der Waals surface area (Å²) in [4.78, 5) is 13.0. The fraction of sp³-hybridized carbons (Fsp3) is 0.0500. The van der Waals surface area contributed by atoms with Crippen molar-refractivity contribution in [3.63, 3.8) is 0 Å². The van der Waals surface area contributed by atoms with Crippen molar-refractivity contribution < 1.29 is 13.2 Å². The predicted molar refractivity (Wildman–Crippen MR) is 96.9 cm³/mol. The van der Waals surface area contributed by atoms with Gasteiger partial charge in [-0.3, -0.25) is 4.79 Å². The molecule has 4 nitrogen and oxygen atoms in total. The molecule has 3 aromatic carbocycles. The van der Waals surface area contributed by atoms with Gasteiger partial charge in [0, 0.05) is 5.56 Å². The largest absolute Gasteiger partial charge is 0.272 e. The Balaban J connectivity index is 2.15. The van der Waals surface area contributed by atoms with E-state index in [9.17, 15) is 13.2 Å². The van der Waals surface area contributed by atoms with Crippen LogP contribution < -0.4 is 4.31 Å². The Morgan fingerprint density at radius 1 is 0.880 bits per heavy atom. The Kier molecular flexibility index (Phi) is 4.67. The topological polar surface area (TPSA) is 54.5 Å². The molecule has 0 aromatic heterocycles. The van der Waals surface area contributed by atoms with Crippen LogP contribution in [0.2, 0.25) is 0 Å². The lowest BCUT2D eigenvalue weighted by Crippen LogP contribution is -2.37. The number of hydrogen-bond acceptors (Lipinski definition) is 3. The van der Waals surface area contributed by atoms with E-state index < -0.39 is 15.9 Å². The van der Waals surface area contributed by atoms with Gasteiger partial charge in [0.2, 0.25) is 0 Å². The van der Waals surface area contributed by atoms with Crippen LogP contribution in [0.25, 0.3) is 0 Å². The second-order valence-electron chi connectivity index (χ2n) is 5.51. The number of aryl methyl sites for hydroxylation is 1. The molecule has 3 rings (SSSR count). The summed E-state index contributed by atoms with van der Waals surface area (Å²) in [5.74, 6) is -0.610. The maximum absolute atomic E-state index is 13.2. The van der Waals surface area contributed by atoms with Crippen LogP contribution >= 0.6 is 0 Å². The Morgan fingerprint density at radius 3 is 2.08 bits per heavy atom. The quantitative estimate of drug-likeness (QED) is 0.718. The van der Waals surface area contributed by atoms with Gasteiger partial charge in [-0.05, 0) is 49.4 Å². The zero-order chi connectivity index (χ0) is 17.9. The molecule has 0 fully saturated rings. The minimum Gasteiger partial charge on any atom is -0.268 e. The first-order valence-electron chi connectivity index (χ1n) is 7.67. The maximum atomic E-state index is 13.2. The smallest absolute Gasteiger partial charge is 0.268 e. The van der Waals surface area contributed by atoms with Crippen molar-refractivity contribution in [2.75, 3.05) is 4.31 Å². The van der Waals surface area contributed by atoms with E-state index in [1.54, 1.807) is 66.7 Å². The minimum atomic E-state index is -4.04. The monoisotopic (exact) mass is 350 g/mol. The predicted octanol–water partition coefficient (Wildman–Crippen LogP) is 3.83. The second-order valence-corrected chi connectivity index (χ2v) is 7.30.